The number of carbonyl (C=O) groups is 1. The average Bonchev–Trinajstić information content (AvgIpc) is 3.11. The number of hydrogen-bond acceptors (Lipinski definition) is 1. The minimum Gasteiger partial charge on any atom is -0.477 e. The first-order valence-corrected chi connectivity index (χ1v) is 6.73. The molecule has 5 heteroatoms. The molecule has 1 aromatic heterocycles. The van der Waals surface area contributed by atoms with Crippen LogP contribution in [0, 0.1) is 0 Å². The molecular formula is C14H11Cl2NO2. The highest BCUT2D eigenvalue weighted by Gasteiger charge is 2.29. The lowest BCUT2D eigenvalue weighted by Crippen LogP contribution is -2.08. The molecule has 1 aliphatic rings. The molecule has 1 saturated carbocycles. The molecule has 1 aromatic carbocycles. The van der Waals surface area contributed by atoms with E-state index in [2.05, 4.69) is 0 Å². The van der Waals surface area contributed by atoms with Gasteiger partial charge in [0, 0.05) is 11.7 Å². The molecule has 0 bridgehead atoms. The zero-order chi connectivity index (χ0) is 13.6. The Bertz CT molecular complexity index is 659. The lowest BCUT2D eigenvalue weighted by atomic mass is 10.1. The Labute approximate surface area is 120 Å². The van der Waals surface area contributed by atoms with E-state index in [1.54, 1.807) is 18.2 Å². The number of carboxylic acid groups (broad SMARTS) is 1. The number of halogens is 2. The maximum atomic E-state index is 11.3. The van der Waals surface area contributed by atoms with Gasteiger partial charge in [-0.15, -0.1) is 0 Å². The van der Waals surface area contributed by atoms with Gasteiger partial charge < -0.3 is 9.67 Å². The maximum Gasteiger partial charge on any atom is 0.352 e. The first-order chi connectivity index (χ1) is 9.08. The SMILES string of the molecule is O=C(O)c1ccc(-c2ccc(Cl)c(Cl)c2)n1C1CC1. The number of nitrogens with zero attached hydrogens (tertiary/aromatic N) is 1. The first kappa shape index (κ1) is 12.6. The summed E-state index contributed by atoms with van der Waals surface area (Å²) in [6.45, 7) is 0. The minimum absolute atomic E-state index is 0.283. The summed E-state index contributed by atoms with van der Waals surface area (Å²) in [7, 11) is 0. The van der Waals surface area contributed by atoms with Crippen molar-refractivity contribution in [1.82, 2.24) is 4.57 Å². The van der Waals surface area contributed by atoms with Crippen LogP contribution < -0.4 is 0 Å². The van der Waals surface area contributed by atoms with E-state index in [0.717, 1.165) is 24.1 Å². The van der Waals surface area contributed by atoms with Crippen LogP contribution in [0.1, 0.15) is 29.4 Å². The standard InChI is InChI=1S/C14H11Cl2NO2/c15-10-4-1-8(7-11(10)16)12-5-6-13(14(18)19)17(12)9-2-3-9/h1,4-7,9H,2-3H2,(H,18,19). The van der Waals surface area contributed by atoms with Gasteiger partial charge in [-0.05, 0) is 42.7 Å². The quantitative estimate of drug-likeness (QED) is 0.906. The Hall–Kier alpha value is -1.45. The molecule has 0 unspecified atom stereocenters. The van der Waals surface area contributed by atoms with E-state index < -0.39 is 5.97 Å². The Morgan fingerprint density at radius 2 is 1.89 bits per heavy atom. The number of hydrogen-bond donors (Lipinski definition) is 1. The van der Waals surface area contributed by atoms with Gasteiger partial charge in [-0.25, -0.2) is 4.79 Å². The first-order valence-electron chi connectivity index (χ1n) is 5.98. The highest BCUT2D eigenvalue weighted by atomic mass is 35.5. The number of aromatic nitrogens is 1. The van der Waals surface area contributed by atoms with Crippen molar-refractivity contribution in [2.75, 3.05) is 0 Å². The highest BCUT2D eigenvalue weighted by Crippen LogP contribution is 2.41. The summed E-state index contributed by atoms with van der Waals surface area (Å²) >= 11 is 11.9. The molecule has 2 aromatic rings. The Morgan fingerprint density at radius 1 is 1.16 bits per heavy atom. The molecule has 1 aliphatic carbocycles. The third-order valence-electron chi connectivity index (χ3n) is 3.26. The van der Waals surface area contributed by atoms with E-state index in [1.807, 2.05) is 16.7 Å². The Balaban J connectivity index is 2.14. The topological polar surface area (TPSA) is 42.2 Å². The van der Waals surface area contributed by atoms with E-state index in [1.165, 1.54) is 0 Å². The van der Waals surface area contributed by atoms with Crippen molar-refractivity contribution in [3.05, 3.63) is 46.1 Å². The van der Waals surface area contributed by atoms with Gasteiger partial charge in [-0.3, -0.25) is 0 Å². The highest BCUT2D eigenvalue weighted by molar-refractivity contribution is 6.42. The number of aromatic carboxylic acids is 1. The fourth-order valence-corrected chi connectivity index (χ4v) is 2.54. The van der Waals surface area contributed by atoms with Crippen LogP contribution in [-0.2, 0) is 0 Å². The molecule has 98 valence electrons. The fraction of sp³-hybridized carbons (Fsp3) is 0.214. The molecule has 0 atom stereocenters. The monoisotopic (exact) mass is 295 g/mol. The van der Waals surface area contributed by atoms with Crippen molar-refractivity contribution in [3.8, 4) is 11.3 Å². The molecule has 0 amide bonds. The maximum absolute atomic E-state index is 11.3. The predicted octanol–water partition coefficient (Wildman–Crippen LogP) is 4.50. The van der Waals surface area contributed by atoms with Gasteiger partial charge in [0.1, 0.15) is 5.69 Å². The van der Waals surface area contributed by atoms with Gasteiger partial charge in [0.25, 0.3) is 0 Å². The zero-order valence-corrected chi connectivity index (χ0v) is 11.4. The number of rotatable bonds is 3. The van der Waals surface area contributed by atoms with Gasteiger partial charge >= 0.3 is 5.97 Å². The van der Waals surface area contributed by atoms with E-state index in [0.29, 0.717) is 15.7 Å². The second-order valence-electron chi connectivity index (χ2n) is 4.64. The summed E-state index contributed by atoms with van der Waals surface area (Å²) in [5, 5.41) is 10.2. The van der Waals surface area contributed by atoms with Gasteiger partial charge in [0.15, 0.2) is 0 Å². The summed E-state index contributed by atoms with van der Waals surface area (Å²) in [5.41, 5.74) is 2.08. The van der Waals surface area contributed by atoms with Crippen LogP contribution in [0.25, 0.3) is 11.3 Å². The Morgan fingerprint density at radius 3 is 2.47 bits per heavy atom. The smallest absolute Gasteiger partial charge is 0.352 e. The molecule has 3 nitrogen and oxygen atoms in total. The fourth-order valence-electron chi connectivity index (χ4n) is 2.24. The van der Waals surface area contributed by atoms with Crippen molar-refractivity contribution in [2.24, 2.45) is 0 Å². The van der Waals surface area contributed by atoms with E-state index in [4.69, 9.17) is 23.2 Å². The summed E-state index contributed by atoms with van der Waals surface area (Å²) in [5.74, 6) is -0.904. The van der Waals surface area contributed by atoms with Crippen molar-refractivity contribution in [1.29, 1.82) is 0 Å². The van der Waals surface area contributed by atoms with Crippen LogP contribution in [-0.4, -0.2) is 15.6 Å². The largest absolute Gasteiger partial charge is 0.477 e. The van der Waals surface area contributed by atoms with Crippen molar-refractivity contribution in [3.63, 3.8) is 0 Å². The molecule has 3 rings (SSSR count). The van der Waals surface area contributed by atoms with E-state index in [-0.39, 0.29) is 6.04 Å². The van der Waals surface area contributed by atoms with Crippen LogP contribution in [0.2, 0.25) is 10.0 Å². The number of carboxylic acids is 1. The summed E-state index contributed by atoms with van der Waals surface area (Å²) in [6, 6.07) is 9.09. The summed E-state index contributed by atoms with van der Waals surface area (Å²) in [4.78, 5) is 11.3. The molecule has 0 aliphatic heterocycles. The molecular weight excluding hydrogens is 285 g/mol. The molecule has 0 spiro atoms. The number of benzene rings is 1. The molecule has 19 heavy (non-hydrogen) atoms. The van der Waals surface area contributed by atoms with E-state index in [9.17, 15) is 9.90 Å². The molecule has 1 heterocycles. The molecule has 1 fully saturated rings. The zero-order valence-electron chi connectivity index (χ0n) is 9.94. The minimum atomic E-state index is -0.904. The van der Waals surface area contributed by atoms with Gasteiger partial charge in [-0.1, -0.05) is 29.3 Å². The third-order valence-corrected chi connectivity index (χ3v) is 4.00. The van der Waals surface area contributed by atoms with Crippen LogP contribution in [0.4, 0.5) is 0 Å². The van der Waals surface area contributed by atoms with Crippen molar-refractivity contribution >= 4 is 29.2 Å². The van der Waals surface area contributed by atoms with Crippen LogP contribution in [0.5, 0.6) is 0 Å². The van der Waals surface area contributed by atoms with Crippen molar-refractivity contribution in [2.45, 2.75) is 18.9 Å². The molecule has 1 N–H and O–H groups in total. The predicted molar refractivity (Wildman–Crippen MR) is 75.1 cm³/mol. The summed E-state index contributed by atoms with van der Waals surface area (Å²) in [6.07, 6.45) is 2.03. The van der Waals surface area contributed by atoms with Gasteiger partial charge in [-0.2, -0.15) is 0 Å². The lowest BCUT2D eigenvalue weighted by molar-refractivity contribution is 0.0685. The Kier molecular flexibility index (Phi) is 3.03. The summed E-state index contributed by atoms with van der Waals surface area (Å²) < 4.78 is 1.88. The van der Waals surface area contributed by atoms with Crippen LogP contribution in [0.15, 0.2) is 30.3 Å². The third kappa shape index (κ3) is 2.24. The van der Waals surface area contributed by atoms with E-state index >= 15 is 0 Å². The molecule has 0 saturated heterocycles. The van der Waals surface area contributed by atoms with Crippen molar-refractivity contribution < 1.29 is 9.90 Å². The van der Waals surface area contributed by atoms with Gasteiger partial charge in [0.2, 0.25) is 0 Å². The second kappa shape index (κ2) is 4.58. The second-order valence-corrected chi connectivity index (χ2v) is 5.45. The normalized spacial score (nSPS) is 14.6. The van der Waals surface area contributed by atoms with Crippen LogP contribution in [0.3, 0.4) is 0 Å². The molecule has 0 radical (unpaired) electrons. The average molecular weight is 296 g/mol. The van der Waals surface area contributed by atoms with Crippen LogP contribution >= 0.6 is 23.2 Å². The van der Waals surface area contributed by atoms with Gasteiger partial charge in [0.05, 0.1) is 10.0 Å². The lowest BCUT2D eigenvalue weighted by Gasteiger charge is -2.11.